The normalized spacial score (nSPS) is 11.3. The van der Waals surface area contributed by atoms with Gasteiger partial charge < -0.3 is 9.67 Å². The lowest BCUT2D eigenvalue weighted by Gasteiger charge is -2.15. The summed E-state index contributed by atoms with van der Waals surface area (Å²) in [6.07, 6.45) is 2.18. The van der Waals surface area contributed by atoms with Crippen molar-refractivity contribution < 1.29 is 23.1 Å². The van der Waals surface area contributed by atoms with Crippen molar-refractivity contribution in [2.75, 3.05) is 0 Å². The van der Waals surface area contributed by atoms with Gasteiger partial charge in [0.25, 0.3) is 15.9 Å². The molecule has 1 aromatic heterocycles. The van der Waals surface area contributed by atoms with Crippen LogP contribution in [0.15, 0.2) is 83.8 Å². The zero-order valence-corrected chi connectivity index (χ0v) is 22.2. The minimum atomic E-state index is -4.31. The van der Waals surface area contributed by atoms with Crippen LogP contribution in [0, 0.1) is 0 Å². The van der Waals surface area contributed by atoms with Gasteiger partial charge in [0, 0.05) is 24.1 Å². The maximum atomic E-state index is 13.5. The van der Waals surface area contributed by atoms with Crippen LogP contribution in [0.4, 0.5) is 0 Å². The summed E-state index contributed by atoms with van der Waals surface area (Å²) in [5.41, 5.74) is 1.59. The van der Waals surface area contributed by atoms with Crippen LogP contribution >= 0.6 is 11.6 Å². The molecule has 0 aliphatic rings. The molecular formula is C28H26ClN3O5S. The predicted molar refractivity (Wildman–Crippen MR) is 145 cm³/mol. The average Bonchev–Trinajstić information content (AvgIpc) is 3.22. The molecule has 0 radical (unpaired) electrons. The second kappa shape index (κ2) is 11.6. The van der Waals surface area contributed by atoms with Crippen LogP contribution < -0.4 is 4.72 Å². The quantitative estimate of drug-likeness (QED) is 0.272. The standard InChI is InChI=1S/C28H26ClN3O5S/c1-2-3-14-24-30-26(29)25(28(34)35)32(24)18-19-15-16-22(20-10-6-4-7-11-20)23(17-19)38(36,37)31-27(33)21-12-8-5-9-13-21/h4-13,15-17H,2-3,14,18H2,1H3,(H,31,33)(H,34,35). The smallest absolute Gasteiger partial charge is 0.355 e. The molecule has 10 heteroatoms. The Balaban J connectivity index is 1.79. The fourth-order valence-electron chi connectivity index (χ4n) is 4.12. The lowest BCUT2D eigenvalue weighted by molar-refractivity contribution is 0.0685. The maximum absolute atomic E-state index is 13.5. The van der Waals surface area contributed by atoms with Crippen LogP contribution in [0.1, 0.15) is 52.0 Å². The number of amides is 1. The number of halogens is 1. The minimum absolute atomic E-state index is 0.0324. The van der Waals surface area contributed by atoms with Crippen molar-refractivity contribution in [2.24, 2.45) is 0 Å². The van der Waals surface area contributed by atoms with Crippen LogP contribution in [0.5, 0.6) is 0 Å². The highest BCUT2D eigenvalue weighted by molar-refractivity contribution is 7.90. The summed E-state index contributed by atoms with van der Waals surface area (Å²) in [5.74, 6) is -1.48. The first-order valence-corrected chi connectivity index (χ1v) is 13.9. The van der Waals surface area contributed by atoms with Gasteiger partial charge in [-0.05, 0) is 35.7 Å². The van der Waals surface area contributed by atoms with Crippen molar-refractivity contribution in [2.45, 2.75) is 37.6 Å². The number of hydrogen-bond donors (Lipinski definition) is 2. The number of nitrogens with one attached hydrogen (secondary N) is 1. The summed E-state index contributed by atoms with van der Waals surface area (Å²) in [6, 6.07) is 21.8. The Morgan fingerprint density at radius 3 is 2.29 bits per heavy atom. The van der Waals surface area contributed by atoms with Gasteiger partial charge in [0.1, 0.15) is 5.82 Å². The van der Waals surface area contributed by atoms with E-state index in [2.05, 4.69) is 9.71 Å². The molecule has 0 spiro atoms. The number of imidazole rings is 1. The van der Waals surface area contributed by atoms with E-state index < -0.39 is 21.9 Å². The van der Waals surface area contributed by atoms with Gasteiger partial charge in [-0.25, -0.2) is 22.9 Å². The Morgan fingerprint density at radius 1 is 1.00 bits per heavy atom. The molecule has 0 atom stereocenters. The highest BCUT2D eigenvalue weighted by atomic mass is 35.5. The highest BCUT2D eigenvalue weighted by Gasteiger charge is 2.25. The van der Waals surface area contributed by atoms with E-state index >= 15 is 0 Å². The van der Waals surface area contributed by atoms with E-state index in [-0.39, 0.29) is 27.9 Å². The first-order valence-electron chi connectivity index (χ1n) is 12.0. The van der Waals surface area contributed by atoms with Crippen LogP contribution in [0.2, 0.25) is 5.15 Å². The van der Waals surface area contributed by atoms with Gasteiger partial charge in [0.15, 0.2) is 10.8 Å². The minimum Gasteiger partial charge on any atom is -0.476 e. The monoisotopic (exact) mass is 551 g/mol. The van der Waals surface area contributed by atoms with Crippen LogP contribution in [-0.2, 0) is 23.0 Å². The fourth-order valence-corrected chi connectivity index (χ4v) is 5.65. The van der Waals surface area contributed by atoms with E-state index in [1.54, 1.807) is 54.6 Å². The van der Waals surface area contributed by atoms with E-state index in [9.17, 15) is 23.1 Å². The van der Waals surface area contributed by atoms with Gasteiger partial charge in [-0.15, -0.1) is 0 Å². The Hall–Kier alpha value is -3.95. The molecule has 0 unspecified atom stereocenters. The number of aromatic nitrogens is 2. The van der Waals surface area contributed by atoms with Crippen molar-refractivity contribution in [3.05, 3.63) is 107 Å². The summed E-state index contributed by atoms with van der Waals surface area (Å²) < 4.78 is 30.7. The highest BCUT2D eigenvalue weighted by Crippen LogP contribution is 2.30. The molecule has 0 bridgehead atoms. The number of nitrogens with zero attached hydrogens (tertiary/aromatic N) is 2. The van der Waals surface area contributed by atoms with Gasteiger partial charge in [0.2, 0.25) is 0 Å². The molecule has 8 nitrogen and oxygen atoms in total. The van der Waals surface area contributed by atoms with Crippen molar-refractivity contribution in [3.8, 4) is 11.1 Å². The number of aromatic carboxylic acids is 1. The average molecular weight is 552 g/mol. The first-order chi connectivity index (χ1) is 18.2. The lowest BCUT2D eigenvalue weighted by atomic mass is 10.0. The first kappa shape index (κ1) is 27.1. The number of unbranched alkanes of at least 4 members (excludes halogenated alkanes) is 1. The van der Waals surface area contributed by atoms with Gasteiger partial charge in [-0.2, -0.15) is 0 Å². The maximum Gasteiger partial charge on any atom is 0.355 e. The molecule has 2 N–H and O–H groups in total. The molecule has 0 saturated carbocycles. The third-order valence-electron chi connectivity index (χ3n) is 5.98. The third kappa shape index (κ3) is 5.95. The molecule has 0 aliphatic heterocycles. The molecule has 4 rings (SSSR count). The molecule has 38 heavy (non-hydrogen) atoms. The number of carbonyl (C=O) groups excluding carboxylic acids is 1. The number of carboxylic acid groups (broad SMARTS) is 1. The molecule has 1 heterocycles. The Labute approximate surface area is 226 Å². The largest absolute Gasteiger partial charge is 0.476 e. The van der Waals surface area contributed by atoms with Crippen molar-refractivity contribution in [1.82, 2.24) is 14.3 Å². The Bertz CT molecular complexity index is 1570. The molecular weight excluding hydrogens is 526 g/mol. The number of carboxylic acids is 1. The number of carbonyl (C=O) groups is 2. The molecule has 3 aromatic carbocycles. The second-order valence-electron chi connectivity index (χ2n) is 8.66. The number of sulfonamides is 1. The molecule has 4 aromatic rings. The predicted octanol–water partition coefficient (Wildman–Crippen LogP) is 5.41. The Kier molecular flexibility index (Phi) is 8.29. The van der Waals surface area contributed by atoms with Crippen LogP contribution in [0.25, 0.3) is 11.1 Å². The summed E-state index contributed by atoms with van der Waals surface area (Å²) in [6.45, 7) is 2.04. The van der Waals surface area contributed by atoms with Crippen molar-refractivity contribution >= 4 is 33.5 Å². The molecule has 1 amide bonds. The van der Waals surface area contributed by atoms with Crippen LogP contribution in [-0.4, -0.2) is 35.0 Å². The zero-order chi connectivity index (χ0) is 27.3. The van der Waals surface area contributed by atoms with E-state index in [0.29, 0.717) is 28.9 Å². The number of aryl methyl sites for hydroxylation is 1. The fraction of sp³-hybridized carbons (Fsp3) is 0.179. The van der Waals surface area contributed by atoms with Gasteiger partial charge in [-0.3, -0.25) is 4.79 Å². The van der Waals surface area contributed by atoms with Crippen molar-refractivity contribution in [3.63, 3.8) is 0 Å². The van der Waals surface area contributed by atoms with E-state index in [1.165, 1.54) is 22.8 Å². The zero-order valence-electron chi connectivity index (χ0n) is 20.6. The lowest BCUT2D eigenvalue weighted by Crippen LogP contribution is -2.31. The number of hydrogen-bond acceptors (Lipinski definition) is 5. The molecule has 196 valence electrons. The second-order valence-corrected chi connectivity index (χ2v) is 10.7. The topological polar surface area (TPSA) is 118 Å². The van der Waals surface area contributed by atoms with E-state index in [0.717, 1.165) is 12.8 Å². The molecule has 0 aliphatic carbocycles. The summed E-state index contributed by atoms with van der Waals surface area (Å²) >= 11 is 6.16. The summed E-state index contributed by atoms with van der Waals surface area (Å²) in [7, 11) is -4.31. The SMILES string of the molecule is CCCCc1nc(Cl)c(C(=O)O)n1Cc1ccc(-c2ccccc2)c(S(=O)(=O)NC(=O)c2ccccc2)c1. The number of rotatable bonds is 10. The van der Waals surface area contributed by atoms with Gasteiger partial charge >= 0.3 is 5.97 Å². The van der Waals surface area contributed by atoms with E-state index in [4.69, 9.17) is 11.6 Å². The molecule has 0 fully saturated rings. The van der Waals surface area contributed by atoms with Crippen LogP contribution in [0.3, 0.4) is 0 Å². The van der Waals surface area contributed by atoms with Gasteiger partial charge in [0.05, 0.1) is 4.90 Å². The Morgan fingerprint density at radius 2 is 1.66 bits per heavy atom. The molecule has 0 saturated heterocycles. The summed E-state index contributed by atoms with van der Waals surface area (Å²) in [4.78, 5) is 28.8. The van der Waals surface area contributed by atoms with Gasteiger partial charge in [-0.1, -0.05) is 85.6 Å². The third-order valence-corrected chi connectivity index (χ3v) is 7.62. The number of benzene rings is 3. The summed E-state index contributed by atoms with van der Waals surface area (Å²) in [5, 5.41) is 9.64. The van der Waals surface area contributed by atoms with E-state index in [1.807, 2.05) is 13.0 Å². The van der Waals surface area contributed by atoms with Crippen molar-refractivity contribution in [1.29, 1.82) is 0 Å².